The monoisotopic (exact) mass is 652 g/mol. The van der Waals surface area contributed by atoms with Gasteiger partial charge in [0.25, 0.3) is 0 Å². The molecule has 1 aliphatic heterocycles. The van der Waals surface area contributed by atoms with E-state index in [4.69, 9.17) is 15.6 Å². The van der Waals surface area contributed by atoms with Crippen molar-refractivity contribution in [3.63, 3.8) is 0 Å². The third kappa shape index (κ3) is 14.8. The van der Waals surface area contributed by atoms with Crippen LogP contribution in [0.2, 0.25) is 8.87 Å². The Morgan fingerprint density at radius 1 is 0.795 bits per heavy atom. The maximum absolute atomic E-state index is 6.90. The molecule has 0 bridgehead atoms. The molecule has 0 amide bonds. The molecule has 4 nitrogen and oxygen atoms in total. The minimum atomic E-state index is -3.01. The molecule has 39 heavy (non-hydrogen) atoms. The van der Waals surface area contributed by atoms with Gasteiger partial charge in [0.1, 0.15) is 0 Å². The van der Waals surface area contributed by atoms with Crippen LogP contribution in [0.5, 0.6) is 5.75 Å². The minimum absolute atomic E-state index is 0.0290. The van der Waals surface area contributed by atoms with Crippen molar-refractivity contribution in [1.82, 2.24) is 0 Å². The molecule has 224 valence electrons. The molecule has 5 heteroatoms. The first-order chi connectivity index (χ1) is 19.2. The maximum atomic E-state index is 6.90. The Bertz CT molecular complexity index is 727. The average molecular weight is 652 g/mol. The Morgan fingerprint density at radius 3 is 1.92 bits per heavy atom. The molecule has 0 unspecified atom stereocenters. The summed E-state index contributed by atoms with van der Waals surface area (Å²) >= 11 is -3.01. The number of hydrogen-bond acceptors (Lipinski definition) is 4. The molecule has 1 fully saturated rings. The molecular weight excluding hydrogens is 591 g/mol. The van der Waals surface area contributed by atoms with Gasteiger partial charge in [-0.3, -0.25) is 0 Å². The summed E-state index contributed by atoms with van der Waals surface area (Å²) in [6.07, 6.45) is 25.8. The van der Waals surface area contributed by atoms with Crippen LogP contribution in [0.25, 0.3) is 0 Å². The molecule has 0 aromatic heterocycles. The number of benzene rings is 1. The van der Waals surface area contributed by atoms with Gasteiger partial charge in [-0.25, -0.2) is 0 Å². The number of unbranched alkanes of at least 4 members (excludes halogenated alkanes) is 13. The molecule has 1 aromatic rings. The number of methoxy groups -OCH3 is 1. The molecule has 1 aliphatic rings. The molecule has 2 rings (SSSR count). The summed E-state index contributed by atoms with van der Waals surface area (Å²) in [4.78, 5) is 0. The first kappa shape index (κ1) is 34.6. The van der Waals surface area contributed by atoms with E-state index in [0.29, 0.717) is 13.2 Å². The second-order valence-corrected chi connectivity index (χ2v) is 21.0. The zero-order chi connectivity index (χ0) is 28.0. The molecule has 2 atom stereocenters. The van der Waals surface area contributed by atoms with Crippen molar-refractivity contribution in [2.45, 2.75) is 151 Å². The summed E-state index contributed by atoms with van der Waals surface area (Å²) in [5.41, 5.74) is 1.16. The second kappa shape index (κ2) is 22.1. The fraction of sp³-hybridized carbons (Fsp3) is 0.765. The second-order valence-electron chi connectivity index (χ2n) is 11.5. The molecule has 0 radical (unpaired) electrons. The molecule has 0 saturated carbocycles. The summed E-state index contributed by atoms with van der Waals surface area (Å²) in [7, 11) is 1.70. The van der Waals surface area contributed by atoms with E-state index >= 15 is 0 Å². The number of hydrogen-bond donors (Lipinski definition) is 0. The molecule has 0 aliphatic carbocycles. The predicted molar refractivity (Wildman–Crippen MR) is 168 cm³/mol. The summed E-state index contributed by atoms with van der Waals surface area (Å²) < 4.78 is 27.7. The van der Waals surface area contributed by atoms with E-state index in [1.807, 2.05) is 12.1 Å². The molecule has 0 N–H and O–H groups in total. The van der Waals surface area contributed by atoms with Crippen LogP contribution >= 0.6 is 0 Å². The third-order valence-electron chi connectivity index (χ3n) is 7.97. The van der Waals surface area contributed by atoms with Crippen LogP contribution in [0, 0.1) is 0 Å². The van der Waals surface area contributed by atoms with E-state index in [0.717, 1.165) is 17.7 Å². The van der Waals surface area contributed by atoms with E-state index in [9.17, 15) is 0 Å². The normalized spacial score (nSPS) is 17.7. The third-order valence-corrected chi connectivity index (χ3v) is 18.4. The Hall–Kier alpha value is -0.561. The standard InChI is InChI=1S/C26H42O4.2C4H9.Sn/c1-3-4-5-6-7-8-9-10-11-12-13-14-15-16-26(25(28)21-27)30-22-23-17-19-24(29-2)20-18-23;2*1-3-4-2;/h15-20,25-26H,3-14,21-22H2,1-2H3;2*1,3-4H2,2H3;/q-2;;;+2/b16-15+;;;/t25-,26-;;;/m1.../s1. The van der Waals surface area contributed by atoms with Crippen LogP contribution in [0.15, 0.2) is 36.4 Å². The van der Waals surface area contributed by atoms with Crippen molar-refractivity contribution in [2.75, 3.05) is 13.7 Å². The Morgan fingerprint density at radius 2 is 1.36 bits per heavy atom. The van der Waals surface area contributed by atoms with Crippen LogP contribution in [0.4, 0.5) is 0 Å². The summed E-state index contributed by atoms with van der Waals surface area (Å²) in [6, 6.07) is 8.18. The first-order valence-electron chi connectivity index (χ1n) is 16.4. The fourth-order valence-electron chi connectivity index (χ4n) is 5.38. The van der Waals surface area contributed by atoms with Crippen molar-refractivity contribution in [3.05, 3.63) is 42.0 Å². The van der Waals surface area contributed by atoms with Crippen LogP contribution in [0.3, 0.4) is 0 Å². The van der Waals surface area contributed by atoms with Gasteiger partial charge in [0, 0.05) is 0 Å². The van der Waals surface area contributed by atoms with Crippen molar-refractivity contribution >= 4 is 19.2 Å². The number of rotatable bonds is 24. The van der Waals surface area contributed by atoms with Gasteiger partial charge < -0.3 is 0 Å². The quantitative estimate of drug-likeness (QED) is 0.0634. The summed E-state index contributed by atoms with van der Waals surface area (Å²) in [6.45, 7) is 8.09. The van der Waals surface area contributed by atoms with Crippen molar-refractivity contribution in [1.29, 1.82) is 0 Å². The van der Waals surface area contributed by atoms with Crippen LogP contribution in [-0.2, 0) is 17.5 Å². The van der Waals surface area contributed by atoms with Gasteiger partial charge in [0.05, 0.1) is 0 Å². The molecule has 1 aromatic carbocycles. The molecule has 1 saturated heterocycles. The van der Waals surface area contributed by atoms with Crippen molar-refractivity contribution < 1.29 is 15.6 Å². The van der Waals surface area contributed by atoms with Crippen LogP contribution in [-0.4, -0.2) is 45.1 Å². The summed E-state index contributed by atoms with van der Waals surface area (Å²) in [5.74, 6) is 0.875. The van der Waals surface area contributed by atoms with E-state index in [2.05, 4.69) is 45.1 Å². The van der Waals surface area contributed by atoms with E-state index in [1.54, 1.807) is 7.11 Å². The zero-order valence-corrected chi connectivity index (χ0v) is 28.7. The molecule has 0 spiro atoms. The summed E-state index contributed by atoms with van der Waals surface area (Å²) in [5, 5.41) is 0. The van der Waals surface area contributed by atoms with E-state index in [-0.39, 0.29) is 12.2 Å². The molecular formula is C34H60O4Sn. The van der Waals surface area contributed by atoms with Gasteiger partial charge in [-0.2, -0.15) is 0 Å². The van der Waals surface area contributed by atoms with E-state index < -0.39 is 19.2 Å². The Kier molecular flexibility index (Phi) is 19.6. The number of ether oxygens (including phenoxy) is 2. The topological polar surface area (TPSA) is 36.9 Å². The van der Waals surface area contributed by atoms with Gasteiger partial charge in [-0.15, -0.1) is 0 Å². The van der Waals surface area contributed by atoms with Gasteiger partial charge in [0.2, 0.25) is 0 Å². The van der Waals surface area contributed by atoms with E-state index in [1.165, 1.54) is 105 Å². The first-order valence-corrected chi connectivity index (χ1v) is 22.8. The SMILES string of the molecule is CCCCCCCCCCCCC/C=C/[C@@H](OCc1ccc(OC)cc1)[C@H]1C[O][Sn]([CH2]CCC)([CH2]CCC)[O]1. The van der Waals surface area contributed by atoms with Crippen molar-refractivity contribution in [2.24, 2.45) is 0 Å². The van der Waals surface area contributed by atoms with Gasteiger partial charge in [0.15, 0.2) is 0 Å². The van der Waals surface area contributed by atoms with Crippen LogP contribution in [0.1, 0.15) is 129 Å². The van der Waals surface area contributed by atoms with Gasteiger partial charge >= 0.3 is 208 Å². The number of allylic oxidation sites excluding steroid dienone is 1. The fourth-order valence-corrected chi connectivity index (χ4v) is 16.4. The Balaban J connectivity index is 1.82. The average Bonchev–Trinajstić information content (AvgIpc) is 3.39. The Labute approximate surface area is 246 Å². The predicted octanol–water partition coefficient (Wildman–Crippen LogP) is 10.3. The van der Waals surface area contributed by atoms with Gasteiger partial charge in [-0.05, 0) is 0 Å². The van der Waals surface area contributed by atoms with Crippen molar-refractivity contribution in [3.8, 4) is 5.75 Å². The van der Waals surface area contributed by atoms with Gasteiger partial charge in [-0.1, -0.05) is 39.0 Å². The van der Waals surface area contributed by atoms with Crippen LogP contribution < -0.4 is 4.74 Å². The zero-order valence-electron chi connectivity index (χ0n) is 25.9. The molecule has 1 heterocycles.